The number of hydrogen-bond donors (Lipinski definition) is 2. The first-order valence-electron chi connectivity index (χ1n) is 8.86. The number of rotatable bonds is 4. The lowest BCUT2D eigenvalue weighted by atomic mass is 9.92. The molecular formula is C20H23NO3S. The largest absolute Gasteiger partial charge is 0.392 e. The van der Waals surface area contributed by atoms with Crippen LogP contribution in [0.15, 0.2) is 53.4 Å². The zero-order chi connectivity index (χ0) is 17.4. The Hall–Kier alpha value is -1.69. The summed E-state index contributed by atoms with van der Waals surface area (Å²) >= 11 is 0. The highest BCUT2D eigenvalue weighted by Crippen LogP contribution is 2.40. The molecule has 2 N–H and O–H groups in total. The van der Waals surface area contributed by atoms with Gasteiger partial charge in [-0.3, -0.25) is 0 Å². The van der Waals surface area contributed by atoms with Gasteiger partial charge in [-0.25, -0.2) is 13.1 Å². The molecule has 2 bridgehead atoms. The van der Waals surface area contributed by atoms with Crippen molar-refractivity contribution in [3.8, 4) is 0 Å². The Kier molecular flexibility index (Phi) is 4.40. The minimum Gasteiger partial charge on any atom is -0.392 e. The first kappa shape index (κ1) is 16.8. The van der Waals surface area contributed by atoms with Gasteiger partial charge in [0.05, 0.1) is 11.5 Å². The van der Waals surface area contributed by atoms with E-state index in [-0.39, 0.29) is 12.6 Å². The molecule has 2 aromatic rings. The van der Waals surface area contributed by atoms with Gasteiger partial charge < -0.3 is 5.11 Å². The van der Waals surface area contributed by atoms with E-state index < -0.39 is 10.0 Å². The average molecular weight is 357 g/mol. The van der Waals surface area contributed by atoms with Gasteiger partial charge in [-0.1, -0.05) is 36.4 Å². The van der Waals surface area contributed by atoms with Crippen LogP contribution in [-0.2, 0) is 29.5 Å². The Balaban J connectivity index is 1.61. The van der Waals surface area contributed by atoms with E-state index >= 15 is 0 Å². The van der Waals surface area contributed by atoms with Crippen LogP contribution in [0.3, 0.4) is 0 Å². The van der Waals surface area contributed by atoms with Gasteiger partial charge in [0, 0.05) is 6.04 Å². The fraction of sp³-hybridized carbons (Fsp3) is 0.400. The lowest BCUT2D eigenvalue weighted by Gasteiger charge is -2.23. The third-order valence-electron chi connectivity index (χ3n) is 5.69. The average Bonchev–Trinajstić information content (AvgIpc) is 2.89. The molecule has 5 heteroatoms. The van der Waals surface area contributed by atoms with Crippen molar-refractivity contribution in [1.82, 2.24) is 4.72 Å². The summed E-state index contributed by atoms with van der Waals surface area (Å²) in [6.07, 6.45) is 3.89. The normalized spacial score (nSPS) is 25.4. The summed E-state index contributed by atoms with van der Waals surface area (Å²) in [5.74, 6) is 0.656. The summed E-state index contributed by atoms with van der Waals surface area (Å²) < 4.78 is 28.5. The molecule has 1 fully saturated rings. The lowest BCUT2D eigenvalue weighted by molar-refractivity contribution is 0.281. The highest BCUT2D eigenvalue weighted by atomic mass is 32.2. The van der Waals surface area contributed by atoms with Crippen molar-refractivity contribution in [3.63, 3.8) is 0 Å². The van der Waals surface area contributed by atoms with E-state index in [0.29, 0.717) is 16.7 Å². The topological polar surface area (TPSA) is 66.4 Å². The molecule has 4 rings (SSSR count). The minimum absolute atomic E-state index is 0.0183. The van der Waals surface area contributed by atoms with Crippen molar-refractivity contribution in [2.75, 3.05) is 0 Å². The van der Waals surface area contributed by atoms with Crippen LogP contribution in [-0.4, -0.2) is 19.6 Å². The summed E-state index contributed by atoms with van der Waals surface area (Å²) in [4.78, 5) is 0.332. The van der Waals surface area contributed by atoms with Crippen LogP contribution in [0.4, 0.5) is 0 Å². The number of hydrogen-bond acceptors (Lipinski definition) is 3. The van der Waals surface area contributed by atoms with Gasteiger partial charge in [0.15, 0.2) is 0 Å². The maximum Gasteiger partial charge on any atom is 0.240 e. The molecule has 3 unspecified atom stereocenters. The van der Waals surface area contributed by atoms with Crippen molar-refractivity contribution >= 4 is 10.0 Å². The Morgan fingerprint density at radius 2 is 1.64 bits per heavy atom. The molecule has 0 aliphatic heterocycles. The van der Waals surface area contributed by atoms with E-state index in [1.807, 2.05) is 12.1 Å². The maximum atomic E-state index is 12.8. The van der Waals surface area contributed by atoms with Crippen LogP contribution >= 0.6 is 0 Å². The molecule has 25 heavy (non-hydrogen) atoms. The molecule has 4 nitrogen and oxygen atoms in total. The quantitative estimate of drug-likeness (QED) is 0.884. The van der Waals surface area contributed by atoms with Crippen LogP contribution in [0.5, 0.6) is 0 Å². The van der Waals surface area contributed by atoms with Crippen molar-refractivity contribution in [2.45, 2.75) is 43.2 Å². The number of nitrogens with one attached hydrogen (secondary N) is 1. The van der Waals surface area contributed by atoms with Crippen molar-refractivity contribution < 1.29 is 13.5 Å². The summed E-state index contributed by atoms with van der Waals surface area (Å²) in [6, 6.07) is 14.8. The predicted molar refractivity (Wildman–Crippen MR) is 96.5 cm³/mol. The van der Waals surface area contributed by atoms with E-state index in [2.05, 4.69) is 16.9 Å². The molecule has 0 aromatic heterocycles. The zero-order valence-corrected chi connectivity index (χ0v) is 14.9. The monoisotopic (exact) mass is 357 g/mol. The molecule has 0 radical (unpaired) electrons. The smallest absolute Gasteiger partial charge is 0.240 e. The lowest BCUT2D eigenvalue weighted by Crippen LogP contribution is -2.41. The number of aliphatic hydroxyl groups excluding tert-OH is 1. The van der Waals surface area contributed by atoms with E-state index in [4.69, 9.17) is 0 Å². The Morgan fingerprint density at radius 1 is 0.960 bits per heavy atom. The molecule has 0 spiro atoms. The molecule has 2 aliphatic carbocycles. The van der Waals surface area contributed by atoms with Gasteiger partial charge >= 0.3 is 0 Å². The summed E-state index contributed by atoms with van der Waals surface area (Å²) in [5.41, 5.74) is 3.49. The number of aliphatic hydroxyl groups is 1. The second kappa shape index (κ2) is 6.56. The highest BCUT2D eigenvalue weighted by Gasteiger charge is 2.41. The van der Waals surface area contributed by atoms with Gasteiger partial charge in [0.25, 0.3) is 0 Å². The summed E-state index contributed by atoms with van der Waals surface area (Å²) in [7, 11) is -3.49. The number of benzene rings is 2. The molecule has 0 amide bonds. The van der Waals surface area contributed by atoms with Gasteiger partial charge in [0.2, 0.25) is 10.0 Å². The Labute approximate surface area is 149 Å². The van der Waals surface area contributed by atoms with Gasteiger partial charge in [0.1, 0.15) is 0 Å². The highest BCUT2D eigenvalue weighted by molar-refractivity contribution is 7.89. The van der Waals surface area contributed by atoms with Crippen LogP contribution in [0.25, 0.3) is 0 Å². The minimum atomic E-state index is -3.49. The second-order valence-electron chi connectivity index (χ2n) is 7.23. The van der Waals surface area contributed by atoms with Gasteiger partial charge in [-0.2, -0.15) is 0 Å². The fourth-order valence-electron chi connectivity index (χ4n) is 4.40. The van der Waals surface area contributed by atoms with Crippen LogP contribution in [0, 0.1) is 11.8 Å². The standard InChI is InChI=1S/C20H23NO3S/c22-13-14-6-7-15-11-16-8-9-17(12-18(15)10-14)20(16)21-25(23,24)19-4-2-1-3-5-19/h1-7,10,16-17,20-22H,8-9,11-13H2. The van der Waals surface area contributed by atoms with Crippen molar-refractivity contribution in [1.29, 1.82) is 0 Å². The van der Waals surface area contributed by atoms with E-state index in [1.54, 1.807) is 24.3 Å². The van der Waals surface area contributed by atoms with Gasteiger partial charge in [-0.05, 0) is 66.3 Å². The Morgan fingerprint density at radius 3 is 2.32 bits per heavy atom. The van der Waals surface area contributed by atoms with E-state index in [9.17, 15) is 13.5 Å². The predicted octanol–water partition coefficient (Wildman–Crippen LogP) is 2.65. The molecule has 0 heterocycles. The van der Waals surface area contributed by atoms with E-state index in [0.717, 1.165) is 31.2 Å². The van der Waals surface area contributed by atoms with Gasteiger partial charge in [-0.15, -0.1) is 0 Å². The van der Waals surface area contributed by atoms with Crippen molar-refractivity contribution in [3.05, 3.63) is 65.2 Å². The summed E-state index contributed by atoms with van der Waals surface area (Å²) in [5, 5.41) is 9.38. The molecule has 0 saturated heterocycles. The molecule has 132 valence electrons. The fourth-order valence-corrected chi connectivity index (χ4v) is 5.80. The van der Waals surface area contributed by atoms with Crippen LogP contribution in [0.2, 0.25) is 0 Å². The second-order valence-corrected chi connectivity index (χ2v) is 8.94. The SMILES string of the molecule is O=S(=O)(NC1C2CCC1Cc1cc(CO)ccc1C2)c1ccccc1. The third kappa shape index (κ3) is 3.24. The number of fused-ring (bicyclic) bond motifs is 3. The zero-order valence-electron chi connectivity index (χ0n) is 14.1. The number of sulfonamides is 1. The molecule has 1 saturated carbocycles. The van der Waals surface area contributed by atoms with Crippen LogP contribution < -0.4 is 4.72 Å². The molecular weight excluding hydrogens is 334 g/mol. The Bertz CT molecular complexity index is 864. The molecule has 2 aromatic carbocycles. The summed E-state index contributed by atoms with van der Waals surface area (Å²) in [6.45, 7) is 0.0471. The van der Waals surface area contributed by atoms with Crippen molar-refractivity contribution in [2.24, 2.45) is 11.8 Å². The molecule has 2 aliphatic rings. The molecule has 3 atom stereocenters. The maximum absolute atomic E-state index is 12.8. The van der Waals surface area contributed by atoms with Crippen LogP contribution in [0.1, 0.15) is 29.5 Å². The first-order chi connectivity index (χ1) is 12.1. The van der Waals surface area contributed by atoms with E-state index in [1.165, 1.54) is 11.1 Å². The first-order valence-corrected chi connectivity index (χ1v) is 10.3. The third-order valence-corrected chi connectivity index (χ3v) is 7.16.